The van der Waals surface area contributed by atoms with E-state index in [1.165, 1.54) is 69.8 Å². The summed E-state index contributed by atoms with van der Waals surface area (Å²) < 4.78 is 43.5. The summed E-state index contributed by atoms with van der Waals surface area (Å²) >= 11 is 0. The third kappa shape index (κ3) is 4.68. The predicted molar refractivity (Wildman–Crippen MR) is 97.9 cm³/mol. The summed E-state index contributed by atoms with van der Waals surface area (Å²) in [6.45, 7) is 0. The maximum absolute atomic E-state index is 13.6. The normalized spacial score (nSPS) is 11.7. The zero-order valence-corrected chi connectivity index (χ0v) is 15.4. The summed E-state index contributed by atoms with van der Waals surface area (Å²) in [5.41, 5.74) is 0.948. The first-order valence-electron chi connectivity index (χ1n) is 7.59. The molecule has 8 heteroatoms. The fourth-order valence-electron chi connectivity index (χ4n) is 2.06. The van der Waals surface area contributed by atoms with E-state index >= 15 is 0 Å². The Morgan fingerprint density at radius 2 is 1.81 bits per heavy atom. The fourth-order valence-corrected chi connectivity index (χ4v) is 2.96. The first-order chi connectivity index (χ1) is 12.2. The van der Waals surface area contributed by atoms with E-state index in [1.54, 1.807) is 6.07 Å². The van der Waals surface area contributed by atoms with Gasteiger partial charge in [-0.2, -0.15) is 0 Å². The molecule has 26 heavy (non-hydrogen) atoms. The van der Waals surface area contributed by atoms with Crippen LogP contribution in [0.5, 0.6) is 5.75 Å². The second-order valence-corrected chi connectivity index (χ2v) is 7.68. The van der Waals surface area contributed by atoms with Gasteiger partial charge in [0.05, 0.1) is 12.0 Å². The molecule has 0 fully saturated rings. The maximum Gasteiger partial charge on any atom is 0.248 e. The van der Waals surface area contributed by atoms with Crippen molar-refractivity contribution < 1.29 is 22.3 Å². The number of halogens is 1. The van der Waals surface area contributed by atoms with E-state index in [0.29, 0.717) is 11.3 Å². The largest absolute Gasteiger partial charge is 0.494 e. The van der Waals surface area contributed by atoms with Crippen LogP contribution in [0.15, 0.2) is 53.4 Å². The van der Waals surface area contributed by atoms with Crippen molar-refractivity contribution in [3.05, 3.63) is 59.9 Å². The van der Waals surface area contributed by atoms with Crippen LogP contribution in [0.1, 0.15) is 5.56 Å². The third-order valence-electron chi connectivity index (χ3n) is 3.50. The lowest BCUT2D eigenvalue weighted by atomic mass is 10.2. The molecule has 2 rings (SSSR count). The minimum Gasteiger partial charge on any atom is -0.494 e. The Balaban J connectivity index is 2.05. The number of carbonyl (C=O) groups excluding carboxylic acids is 1. The molecule has 2 aromatic rings. The molecule has 0 aliphatic heterocycles. The molecule has 0 bridgehead atoms. The highest BCUT2D eigenvalue weighted by atomic mass is 32.2. The highest BCUT2D eigenvalue weighted by Crippen LogP contribution is 2.19. The van der Waals surface area contributed by atoms with Crippen LogP contribution in [-0.2, 0) is 14.8 Å². The number of benzene rings is 2. The third-order valence-corrected chi connectivity index (χ3v) is 5.33. The molecular weight excluding hydrogens is 359 g/mol. The molecule has 0 aliphatic carbocycles. The summed E-state index contributed by atoms with van der Waals surface area (Å²) in [6.07, 6.45) is 2.72. The van der Waals surface area contributed by atoms with Crippen molar-refractivity contribution in [1.82, 2.24) is 4.31 Å². The Kier molecular flexibility index (Phi) is 6.12. The Morgan fingerprint density at radius 3 is 2.35 bits per heavy atom. The van der Waals surface area contributed by atoms with Crippen LogP contribution in [0.4, 0.5) is 10.1 Å². The molecule has 2 aromatic carbocycles. The lowest BCUT2D eigenvalue weighted by Crippen LogP contribution is -2.22. The number of amides is 1. The summed E-state index contributed by atoms with van der Waals surface area (Å²) in [5, 5.41) is 2.60. The second kappa shape index (κ2) is 8.11. The number of rotatable bonds is 6. The van der Waals surface area contributed by atoms with Gasteiger partial charge >= 0.3 is 0 Å². The highest BCUT2D eigenvalue weighted by Gasteiger charge is 2.16. The number of ether oxygens (including phenoxy) is 1. The lowest BCUT2D eigenvalue weighted by Gasteiger charge is -2.11. The van der Waals surface area contributed by atoms with Crippen molar-refractivity contribution in [1.29, 1.82) is 0 Å². The quantitative estimate of drug-likeness (QED) is 0.785. The van der Waals surface area contributed by atoms with Gasteiger partial charge in [-0.15, -0.1) is 0 Å². The average molecular weight is 378 g/mol. The molecule has 138 valence electrons. The number of anilines is 1. The molecule has 0 atom stereocenters. The van der Waals surface area contributed by atoms with Crippen molar-refractivity contribution in [3.8, 4) is 5.75 Å². The Bertz CT molecular complexity index is 923. The van der Waals surface area contributed by atoms with E-state index in [9.17, 15) is 17.6 Å². The minimum absolute atomic E-state index is 0.124. The number of nitrogens with zero attached hydrogens (tertiary/aromatic N) is 1. The van der Waals surface area contributed by atoms with Gasteiger partial charge in [-0.25, -0.2) is 17.1 Å². The summed E-state index contributed by atoms with van der Waals surface area (Å²) in [4.78, 5) is 12.1. The van der Waals surface area contributed by atoms with E-state index in [1.807, 2.05) is 0 Å². The molecule has 0 heterocycles. The highest BCUT2D eigenvalue weighted by molar-refractivity contribution is 7.89. The number of hydrogen-bond donors (Lipinski definition) is 1. The van der Waals surface area contributed by atoms with Crippen LogP contribution < -0.4 is 10.1 Å². The molecule has 0 aromatic heterocycles. The minimum atomic E-state index is -3.52. The standard InChI is InChI=1S/C18H19FN2O4S/c1-21(2)26(23,24)15-8-6-14(7-9-15)20-18(22)11-5-13-4-10-17(25-3)16(19)12-13/h4-12H,1-3H3,(H,20,22)/b11-5+. The van der Waals surface area contributed by atoms with Crippen molar-refractivity contribution in [2.45, 2.75) is 4.90 Å². The van der Waals surface area contributed by atoms with Crippen LogP contribution in [0.3, 0.4) is 0 Å². The van der Waals surface area contributed by atoms with Gasteiger partial charge < -0.3 is 10.1 Å². The van der Waals surface area contributed by atoms with E-state index < -0.39 is 21.7 Å². The molecule has 0 unspecified atom stereocenters. The van der Waals surface area contributed by atoms with Gasteiger partial charge in [0.25, 0.3) is 0 Å². The fraction of sp³-hybridized carbons (Fsp3) is 0.167. The number of carbonyl (C=O) groups is 1. The van der Waals surface area contributed by atoms with Gasteiger partial charge in [0.1, 0.15) is 0 Å². The molecule has 0 aliphatic rings. The van der Waals surface area contributed by atoms with Crippen molar-refractivity contribution >= 4 is 27.7 Å². The van der Waals surface area contributed by atoms with Crippen molar-refractivity contribution in [2.75, 3.05) is 26.5 Å². The van der Waals surface area contributed by atoms with E-state index in [2.05, 4.69) is 5.32 Å². The monoisotopic (exact) mass is 378 g/mol. The number of methoxy groups -OCH3 is 1. The van der Waals surface area contributed by atoms with E-state index in [0.717, 1.165) is 4.31 Å². The summed E-state index contributed by atoms with van der Waals surface area (Å²) in [5.74, 6) is -0.823. The van der Waals surface area contributed by atoms with E-state index in [4.69, 9.17) is 4.74 Å². The molecule has 1 N–H and O–H groups in total. The molecule has 0 spiro atoms. The Labute approximate surface area is 151 Å². The Morgan fingerprint density at radius 1 is 1.15 bits per heavy atom. The molecule has 0 saturated carbocycles. The SMILES string of the molecule is COc1ccc(/C=C/C(=O)Nc2ccc(S(=O)(=O)N(C)C)cc2)cc1F. The van der Waals surface area contributed by atoms with Gasteiger partial charge in [0.2, 0.25) is 15.9 Å². The molecule has 1 amide bonds. The predicted octanol–water partition coefficient (Wildman–Crippen LogP) is 2.74. The zero-order valence-electron chi connectivity index (χ0n) is 14.6. The van der Waals surface area contributed by atoms with Crippen molar-refractivity contribution in [2.24, 2.45) is 0 Å². The molecule has 0 saturated heterocycles. The van der Waals surface area contributed by atoms with E-state index in [-0.39, 0.29) is 10.6 Å². The van der Waals surface area contributed by atoms with Gasteiger partial charge in [-0.1, -0.05) is 6.07 Å². The lowest BCUT2D eigenvalue weighted by molar-refractivity contribution is -0.111. The number of hydrogen-bond acceptors (Lipinski definition) is 4. The van der Waals surface area contributed by atoms with Crippen LogP contribution in [-0.4, -0.2) is 39.8 Å². The maximum atomic E-state index is 13.6. The van der Waals surface area contributed by atoms with Crippen molar-refractivity contribution in [3.63, 3.8) is 0 Å². The van der Waals surface area contributed by atoms with Gasteiger partial charge in [0, 0.05) is 25.9 Å². The zero-order chi connectivity index (χ0) is 19.3. The molecular formula is C18H19FN2O4S. The number of sulfonamides is 1. The van der Waals surface area contributed by atoms with Crippen LogP contribution >= 0.6 is 0 Å². The van der Waals surface area contributed by atoms with Gasteiger partial charge in [0.15, 0.2) is 11.6 Å². The molecule has 0 radical (unpaired) electrons. The van der Waals surface area contributed by atoms with Gasteiger partial charge in [-0.05, 0) is 48.0 Å². The first kappa shape index (κ1) is 19.6. The summed E-state index contributed by atoms with van der Waals surface area (Å²) in [6, 6.07) is 10.2. The van der Waals surface area contributed by atoms with Gasteiger partial charge in [-0.3, -0.25) is 4.79 Å². The second-order valence-electron chi connectivity index (χ2n) is 5.53. The van der Waals surface area contributed by atoms with Crippen LogP contribution in [0.2, 0.25) is 0 Å². The smallest absolute Gasteiger partial charge is 0.248 e. The topological polar surface area (TPSA) is 75.7 Å². The average Bonchev–Trinajstić information content (AvgIpc) is 2.60. The molecule has 6 nitrogen and oxygen atoms in total. The summed E-state index contributed by atoms with van der Waals surface area (Å²) in [7, 11) is 0.739. The first-order valence-corrected chi connectivity index (χ1v) is 9.03. The Hall–Kier alpha value is -2.71. The van der Waals surface area contributed by atoms with Crippen LogP contribution in [0.25, 0.3) is 6.08 Å². The number of nitrogens with one attached hydrogen (secondary N) is 1. The van der Waals surface area contributed by atoms with Crippen LogP contribution in [0, 0.1) is 5.82 Å².